The Morgan fingerprint density at radius 3 is 2.60 bits per heavy atom. The van der Waals surface area contributed by atoms with E-state index in [1.54, 1.807) is 36.4 Å². The molecule has 1 fully saturated rings. The smallest absolute Gasteiger partial charge is 0.368 e. The van der Waals surface area contributed by atoms with Crippen LogP contribution in [0, 0.1) is 5.92 Å². The number of benzene rings is 3. The fraction of sp³-hybridized carbons (Fsp3) is 0.364. The Balaban J connectivity index is 1.35. The van der Waals surface area contributed by atoms with Gasteiger partial charge in [0, 0.05) is 37.8 Å². The van der Waals surface area contributed by atoms with E-state index in [2.05, 4.69) is 15.4 Å². The van der Waals surface area contributed by atoms with Crippen LogP contribution < -0.4 is 15.7 Å². The number of tetrazole rings is 1. The molecule has 0 saturated heterocycles. The molecule has 12 heteroatoms. The summed E-state index contributed by atoms with van der Waals surface area (Å²) in [5.74, 6) is 0.715. The molecule has 2 heterocycles. The Hall–Kier alpha value is -4.26. The zero-order chi connectivity index (χ0) is 31.4. The number of aliphatic hydroxyl groups is 1. The molecule has 5 aromatic rings. The quantitative estimate of drug-likeness (QED) is 0.176. The van der Waals surface area contributed by atoms with E-state index in [-0.39, 0.29) is 24.4 Å². The Morgan fingerprint density at radius 1 is 1.02 bits per heavy atom. The number of hydrogen-bond acceptors (Lipinski definition) is 7. The molecule has 236 valence electrons. The monoisotopic (exact) mass is 629 g/mol. The van der Waals surface area contributed by atoms with Crippen LogP contribution in [0.1, 0.15) is 55.8 Å². The number of aliphatic hydroxyl groups excluding tert-OH is 1. The highest BCUT2D eigenvalue weighted by Crippen LogP contribution is 2.31. The summed E-state index contributed by atoms with van der Waals surface area (Å²) in [6.07, 6.45) is 7.74. The minimum Gasteiger partial charge on any atom is -0.388 e. The van der Waals surface area contributed by atoms with Gasteiger partial charge in [-0.2, -0.15) is 9.36 Å². The van der Waals surface area contributed by atoms with Gasteiger partial charge in [-0.05, 0) is 94.2 Å². The first-order valence-corrected chi connectivity index (χ1v) is 17.0. The SMILES string of the molecule is NCCN(c1ccccc1)S(=O)(=O)c1ccc(-n2nnn(CCCC3CCCC3)c2=O)cc1CC(O)c1ccc2[nH]ccc2c1. The number of aryl methyl sites for hydroxylation is 1. The van der Waals surface area contributed by atoms with Gasteiger partial charge in [0.2, 0.25) is 0 Å². The third-order valence-electron chi connectivity index (χ3n) is 8.70. The van der Waals surface area contributed by atoms with Crippen molar-refractivity contribution < 1.29 is 13.5 Å². The summed E-state index contributed by atoms with van der Waals surface area (Å²) in [4.78, 5) is 16.5. The van der Waals surface area contributed by atoms with Crippen LogP contribution in [0.5, 0.6) is 0 Å². The van der Waals surface area contributed by atoms with Crippen molar-refractivity contribution >= 4 is 26.6 Å². The van der Waals surface area contributed by atoms with Crippen molar-refractivity contribution in [3.63, 3.8) is 0 Å². The molecule has 1 saturated carbocycles. The van der Waals surface area contributed by atoms with Gasteiger partial charge in [0.25, 0.3) is 10.0 Å². The Bertz CT molecular complexity index is 1910. The first-order chi connectivity index (χ1) is 21.8. The summed E-state index contributed by atoms with van der Waals surface area (Å²) in [6, 6.07) is 20.9. The molecule has 11 nitrogen and oxygen atoms in total. The zero-order valence-electron chi connectivity index (χ0n) is 25.1. The van der Waals surface area contributed by atoms with E-state index in [1.165, 1.54) is 45.4 Å². The highest BCUT2D eigenvalue weighted by atomic mass is 32.2. The molecule has 0 spiro atoms. The predicted octanol–water partition coefficient (Wildman–Crippen LogP) is 4.31. The fourth-order valence-electron chi connectivity index (χ4n) is 6.34. The summed E-state index contributed by atoms with van der Waals surface area (Å²) in [7, 11) is -4.12. The van der Waals surface area contributed by atoms with Crippen LogP contribution in [0.25, 0.3) is 16.6 Å². The van der Waals surface area contributed by atoms with Gasteiger partial charge in [0.1, 0.15) is 0 Å². The van der Waals surface area contributed by atoms with Gasteiger partial charge < -0.3 is 15.8 Å². The van der Waals surface area contributed by atoms with Crippen LogP contribution in [0.4, 0.5) is 5.69 Å². The molecule has 4 N–H and O–H groups in total. The number of rotatable bonds is 13. The molecule has 0 radical (unpaired) electrons. The Morgan fingerprint density at radius 2 is 1.82 bits per heavy atom. The summed E-state index contributed by atoms with van der Waals surface area (Å²) in [6.45, 7) is 0.648. The minimum absolute atomic E-state index is 0.0160. The molecule has 1 aliphatic carbocycles. The standard InChI is InChI=1S/C33H39N7O4S/c34-17-20-39(28-10-2-1-3-11-28)45(43,44)32-15-13-29(40-33(42)38(36-37-40)19-6-9-24-7-4-5-8-24)22-27(32)23-31(41)26-12-14-30-25(21-26)16-18-35-30/h1-3,10-16,18,21-22,24,31,35,41H,4-9,17,19-20,23,34H2. The number of para-hydroxylation sites is 1. The number of aromatic amines is 1. The van der Waals surface area contributed by atoms with Crippen LogP contribution in [0.2, 0.25) is 0 Å². The third kappa shape index (κ3) is 6.58. The molecule has 6 rings (SSSR count). The third-order valence-corrected chi connectivity index (χ3v) is 10.6. The molecule has 1 atom stereocenters. The molecule has 0 bridgehead atoms. The van der Waals surface area contributed by atoms with E-state index < -0.39 is 21.8 Å². The Kier molecular flexibility index (Phi) is 9.15. The van der Waals surface area contributed by atoms with E-state index in [1.807, 2.05) is 36.5 Å². The van der Waals surface area contributed by atoms with Crippen molar-refractivity contribution in [2.45, 2.75) is 62.5 Å². The maximum Gasteiger partial charge on any atom is 0.368 e. The lowest BCUT2D eigenvalue weighted by Crippen LogP contribution is -2.36. The highest BCUT2D eigenvalue weighted by Gasteiger charge is 2.29. The lowest BCUT2D eigenvalue weighted by Gasteiger charge is -2.26. The van der Waals surface area contributed by atoms with E-state index in [0.29, 0.717) is 35.0 Å². The van der Waals surface area contributed by atoms with Gasteiger partial charge in [0.15, 0.2) is 0 Å². The number of nitrogens with two attached hydrogens (primary N) is 1. The van der Waals surface area contributed by atoms with Crippen molar-refractivity contribution in [2.24, 2.45) is 11.7 Å². The highest BCUT2D eigenvalue weighted by molar-refractivity contribution is 7.92. The zero-order valence-corrected chi connectivity index (χ0v) is 25.9. The number of nitrogens with one attached hydrogen (secondary N) is 1. The van der Waals surface area contributed by atoms with Crippen molar-refractivity contribution in [1.29, 1.82) is 0 Å². The molecule has 1 unspecified atom stereocenters. The van der Waals surface area contributed by atoms with Crippen molar-refractivity contribution in [1.82, 2.24) is 24.8 Å². The van der Waals surface area contributed by atoms with E-state index in [9.17, 15) is 18.3 Å². The van der Waals surface area contributed by atoms with Gasteiger partial charge in [-0.1, -0.05) is 49.9 Å². The number of H-pyrrole nitrogens is 1. The molecule has 2 aromatic heterocycles. The van der Waals surface area contributed by atoms with Crippen molar-refractivity contribution in [3.05, 3.63) is 101 Å². The van der Waals surface area contributed by atoms with Crippen molar-refractivity contribution in [2.75, 3.05) is 17.4 Å². The normalized spacial score (nSPS) is 14.7. The van der Waals surface area contributed by atoms with Gasteiger partial charge in [-0.25, -0.2) is 13.2 Å². The number of hydrogen-bond donors (Lipinski definition) is 3. The first kappa shape index (κ1) is 30.8. The largest absolute Gasteiger partial charge is 0.388 e. The lowest BCUT2D eigenvalue weighted by molar-refractivity contribution is 0.178. The van der Waals surface area contributed by atoms with Crippen LogP contribution in [0.3, 0.4) is 0 Å². The summed E-state index contributed by atoms with van der Waals surface area (Å²) in [5, 5.41) is 20.5. The van der Waals surface area contributed by atoms with Gasteiger partial charge >= 0.3 is 5.69 Å². The van der Waals surface area contributed by atoms with Gasteiger partial charge in [-0.15, -0.1) is 0 Å². The topological polar surface area (TPSA) is 152 Å². The number of anilines is 1. The van der Waals surface area contributed by atoms with Crippen LogP contribution in [-0.2, 0) is 23.0 Å². The summed E-state index contributed by atoms with van der Waals surface area (Å²) < 4.78 is 32.3. The fourth-order valence-corrected chi connectivity index (χ4v) is 8.03. The summed E-state index contributed by atoms with van der Waals surface area (Å²) in [5.41, 5.74) is 8.23. The predicted molar refractivity (Wildman–Crippen MR) is 174 cm³/mol. The number of sulfonamides is 1. The Labute approximate surface area is 262 Å². The second-order valence-corrected chi connectivity index (χ2v) is 13.6. The minimum atomic E-state index is -4.12. The average molecular weight is 630 g/mol. The molecule has 0 amide bonds. The van der Waals surface area contributed by atoms with E-state index in [4.69, 9.17) is 5.73 Å². The first-order valence-electron chi connectivity index (χ1n) is 15.5. The van der Waals surface area contributed by atoms with Crippen LogP contribution >= 0.6 is 0 Å². The number of aromatic nitrogens is 5. The molecule has 0 aliphatic heterocycles. The lowest BCUT2D eigenvalue weighted by atomic mass is 10.00. The summed E-state index contributed by atoms with van der Waals surface area (Å²) >= 11 is 0. The average Bonchev–Trinajstić information content (AvgIpc) is 3.82. The molecular formula is C33H39N7O4S. The number of nitrogens with zero attached hydrogens (tertiary/aromatic N) is 5. The molecular weight excluding hydrogens is 590 g/mol. The van der Waals surface area contributed by atoms with Crippen LogP contribution in [0.15, 0.2) is 88.7 Å². The number of fused-ring (bicyclic) bond motifs is 1. The van der Waals surface area contributed by atoms with Crippen molar-refractivity contribution in [3.8, 4) is 5.69 Å². The molecule has 1 aliphatic rings. The molecule has 3 aromatic carbocycles. The van der Waals surface area contributed by atoms with Gasteiger partial charge in [0.05, 0.1) is 22.4 Å². The second kappa shape index (κ2) is 13.4. The molecule has 45 heavy (non-hydrogen) atoms. The van der Waals surface area contributed by atoms with Gasteiger partial charge in [-0.3, -0.25) is 4.31 Å². The van der Waals surface area contributed by atoms with Crippen LogP contribution in [-0.4, -0.2) is 51.4 Å². The maximum absolute atomic E-state index is 14.2. The van der Waals surface area contributed by atoms with E-state index in [0.717, 1.165) is 23.7 Å². The maximum atomic E-state index is 14.2. The second-order valence-electron chi connectivity index (χ2n) is 11.7. The van der Waals surface area contributed by atoms with E-state index >= 15 is 0 Å².